The van der Waals surface area contributed by atoms with Crippen LogP contribution in [-0.2, 0) is 16.1 Å². The number of carbonyl (C=O) groups excluding carboxylic acids is 2. The first-order chi connectivity index (χ1) is 14.1. The molecule has 6 nitrogen and oxygen atoms in total. The van der Waals surface area contributed by atoms with E-state index in [9.17, 15) is 14.9 Å². The van der Waals surface area contributed by atoms with Gasteiger partial charge in [0.25, 0.3) is 5.91 Å². The molecule has 1 N–H and O–H groups in total. The Balaban J connectivity index is 1.56. The molecular formula is C23H24N2O4. The molecule has 0 unspecified atom stereocenters. The molecule has 150 valence electrons. The molecule has 0 radical (unpaired) electrons. The molecule has 1 saturated carbocycles. The third-order valence-electron chi connectivity index (χ3n) is 4.98. The Labute approximate surface area is 170 Å². The Kier molecular flexibility index (Phi) is 6.85. The standard InChI is InChI=1S/C23H24N2O4/c24-17-23(13-7-2-8-14-23)25-21(26)16-29-22(27)19-11-5-6-12-20(19)28-15-18-9-3-1-4-10-18/h1,3-6,9-12H,2,7-8,13-16H2,(H,25,26). The molecule has 0 aromatic heterocycles. The smallest absolute Gasteiger partial charge is 0.342 e. The normalized spacial score (nSPS) is 15.0. The highest BCUT2D eigenvalue weighted by atomic mass is 16.5. The number of carbonyl (C=O) groups is 2. The van der Waals surface area contributed by atoms with Gasteiger partial charge in [-0.05, 0) is 30.5 Å². The van der Waals surface area contributed by atoms with Crippen molar-refractivity contribution >= 4 is 11.9 Å². The first kappa shape index (κ1) is 20.4. The van der Waals surface area contributed by atoms with Crippen LogP contribution in [0.15, 0.2) is 54.6 Å². The van der Waals surface area contributed by atoms with Gasteiger partial charge >= 0.3 is 5.97 Å². The Morgan fingerprint density at radius 1 is 1.00 bits per heavy atom. The maximum Gasteiger partial charge on any atom is 0.342 e. The van der Waals surface area contributed by atoms with Gasteiger partial charge in [0.1, 0.15) is 23.5 Å². The molecule has 2 aromatic carbocycles. The minimum absolute atomic E-state index is 0.254. The summed E-state index contributed by atoms with van der Waals surface area (Å²) in [7, 11) is 0. The monoisotopic (exact) mass is 392 g/mol. The third-order valence-corrected chi connectivity index (χ3v) is 4.98. The molecule has 1 aliphatic rings. The summed E-state index contributed by atoms with van der Waals surface area (Å²) >= 11 is 0. The van der Waals surface area contributed by atoms with Gasteiger partial charge in [-0.2, -0.15) is 5.26 Å². The van der Waals surface area contributed by atoms with Crippen molar-refractivity contribution in [1.29, 1.82) is 5.26 Å². The summed E-state index contributed by atoms with van der Waals surface area (Å²) in [5, 5.41) is 12.2. The van der Waals surface area contributed by atoms with Crippen LogP contribution in [0.4, 0.5) is 0 Å². The van der Waals surface area contributed by atoms with Gasteiger partial charge in [0.2, 0.25) is 0 Å². The molecule has 6 heteroatoms. The molecule has 0 saturated heterocycles. The summed E-state index contributed by atoms with van der Waals surface area (Å²) in [6.07, 6.45) is 4.12. The van der Waals surface area contributed by atoms with Gasteiger partial charge in [-0.15, -0.1) is 0 Å². The topological polar surface area (TPSA) is 88.4 Å². The van der Waals surface area contributed by atoms with E-state index in [-0.39, 0.29) is 5.56 Å². The first-order valence-electron chi connectivity index (χ1n) is 9.77. The zero-order chi connectivity index (χ0) is 20.5. The van der Waals surface area contributed by atoms with Crippen LogP contribution >= 0.6 is 0 Å². The lowest BCUT2D eigenvalue weighted by atomic mass is 9.83. The number of rotatable bonds is 7. The van der Waals surface area contributed by atoms with Gasteiger partial charge < -0.3 is 14.8 Å². The molecule has 29 heavy (non-hydrogen) atoms. The van der Waals surface area contributed by atoms with Gasteiger partial charge in [0.15, 0.2) is 6.61 Å². The maximum atomic E-state index is 12.5. The van der Waals surface area contributed by atoms with E-state index in [0.29, 0.717) is 25.2 Å². The Morgan fingerprint density at radius 3 is 2.41 bits per heavy atom. The second kappa shape index (κ2) is 9.74. The number of ether oxygens (including phenoxy) is 2. The molecule has 2 aromatic rings. The van der Waals surface area contributed by atoms with Crippen molar-refractivity contribution in [2.75, 3.05) is 6.61 Å². The Hall–Kier alpha value is -3.33. The lowest BCUT2D eigenvalue weighted by molar-refractivity contribution is -0.125. The van der Waals surface area contributed by atoms with E-state index < -0.39 is 24.0 Å². The van der Waals surface area contributed by atoms with E-state index >= 15 is 0 Å². The molecule has 1 aliphatic carbocycles. The summed E-state index contributed by atoms with van der Waals surface area (Å²) in [5.74, 6) is -0.717. The maximum absolute atomic E-state index is 12.5. The number of hydrogen-bond donors (Lipinski definition) is 1. The quantitative estimate of drug-likeness (QED) is 0.725. The van der Waals surface area contributed by atoms with Crippen LogP contribution in [0.3, 0.4) is 0 Å². The minimum Gasteiger partial charge on any atom is -0.488 e. The van der Waals surface area contributed by atoms with Crippen molar-refractivity contribution in [3.05, 3.63) is 65.7 Å². The second-order valence-electron chi connectivity index (χ2n) is 7.15. The fourth-order valence-corrected chi connectivity index (χ4v) is 3.43. The fourth-order valence-electron chi connectivity index (χ4n) is 3.43. The fraction of sp³-hybridized carbons (Fsp3) is 0.348. The van der Waals surface area contributed by atoms with Gasteiger partial charge in [-0.3, -0.25) is 4.79 Å². The van der Waals surface area contributed by atoms with Crippen LogP contribution in [0.2, 0.25) is 0 Å². The average Bonchev–Trinajstić information content (AvgIpc) is 2.77. The molecule has 0 spiro atoms. The Morgan fingerprint density at radius 2 is 1.69 bits per heavy atom. The van der Waals surface area contributed by atoms with Crippen LogP contribution in [0.25, 0.3) is 0 Å². The lowest BCUT2D eigenvalue weighted by Gasteiger charge is -2.31. The number of amides is 1. The van der Waals surface area contributed by atoms with Crippen molar-refractivity contribution in [2.45, 2.75) is 44.2 Å². The highest BCUT2D eigenvalue weighted by Crippen LogP contribution is 2.27. The van der Waals surface area contributed by atoms with Gasteiger partial charge in [-0.1, -0.05) is 61.7 Å². The molecular weight excluding hydrogens is 368 g/mol. The van der Waals surface area contributed by atoms with Crippen LogP contribution in [-0.4, -0.2) is 24.0 Å². The predicted molar refractivity (Wildman–Crippen MR) is 107 cm³/mol. The number of esters is 1. The van der Waals surface area contributed by atoms with Crippen molar-refractivity contribution < 1.29 is 19.1 Å². The van der Waals surface area contributed by atoms with Crippen molar-refractivity contribution in [2.24, 2.45) is 0 Å². The molecule has 0 aliphatic heterocycles. The van der Waals surface area contributed by atoms with E-state index in [1.165, 1.54) is 0 Å². The summed E-state index contributed by atoms with van der Waals surface area (Å²) in [6.45, 7) is -0.119. The Bertz CT molecular complexity index is 883. The number of benzene rings is 2. The molecule has 0 atom stereocenters. The van der Waals surface area contributed by atoms with Crippen molar-refractivity contribution in [3.63, 3.8) is 0 Å². The highest BCUT2D eigenvalue weighted by molar-refractivity contribution is 5.94. The number of para-hydroxylation sites is 1. The minimum atomic E-state index is -0.849. The molecule has 0 heterocycles. The number of nitrogens with zero attached hydrogens (tertiary/aromatic N) is 1. The first-order valence-corrected chi connectivity index (χ1v) is 9.77. The van der Waals surface area contributed by atoms with Gasteiger partial charge in [0, 0.05) is 0 Å². The van der Waals surface area contributed by atoms with E-state index in [1.54, 1.807) is 24.3 Å². The highest BCUT2D eigenvalue weighted by Gasteiger charge is 2.33. The second-order valence-corrected chi connectivity index (χ2v) is 7.15. The lowest BCUT2D eigenvalue weighted by Crippen LogP contribution is -2.50. The molecule has 1 fully saturated rings. The SMILES string of the molecule is N#CC1(NC(=O)COC(=O)c2ccccc2OCc2ccccc2)CCCCC1. The van der Waals surface area contributed by atoms with Gasteiger partial charge in [-0.25, -0.2) is 4.79 Å². The molecule has 0 bridgehead atoms. The number of hydrogen-bond acceptors (Lipinski definition) is 5. The van der Waals surface area contributed by atoms with Crippen molar-refractivity contribution in [1.82, 2.24) is 5.32 Å². The largest absolute Gasteiger partial charge is 0.488 e. The van der Waals surface area contributed by atoms with Crippen LogP contribution in [0, 0.1) is 11.3 Å². The van der Waals surface area contributed by atoms with E-state index in [1.807, 2.05) is 30.3 Å². The summed E-state index contributed by atoms with van der Waals surface area (Å²) < 4.78 is 10.9. The summed E-state index contributed by atoms with van der Waals surface area (Å²) in [4.78, 5) is 24.7. The van der Waals surface area contributed by atoms with E-state index in [4.69, 9.17) is 9.47 Å². The summed E-state index contributed by atoms with van der Waals surface area (Å²) in [6, 6.07) is 18.6. The number of nitrogens with one attached hydrogen (secondary N) is 1. The van der Waals surface area contributed by atoms with Crippen LogP contribution in [0.1, 0.15) is 48.0 Å². The summed E-state index contributed by atoms with van der Waals surface area (Å²) in [5.41, 5.74) is 0.381. The van der Waals surface area contributed by atoms with Crippen LogP contribution < -0.4 is 10.1 Å². The zero-order valence-electron chi connectivity index (χ0n) is 16.2. The molecule has 1 amide bonds. The van der Waals surface area contributed by atoms with Gasteiger partial charge in [0.05, 0.1) is 6.07 Å². The predicted octanol–water partition coefficient (Wildman–Crippen LogP) is 3.77. The number of nitriles is 1. The average molecular weight is 392 g/mol. The van der Waals surface area contributed by atoms with Crippen molar-refractivity contribution in [3.8, 4) is 11.8 Å². The van der Waals surface area contributed by atoms with E-state index in [2.05, 4.69) is 11.4 Å². The van der Waals surface area contributed by atoms with E-state index in [0.717, 1.165) is 24.8 Å². The third kappa shape index (κ3) is 5.58. The molecule has 3 rings (SSSR count). The van der Waals surface area contributed by atoms with Crippen LogP contribution in [0.5, 0.6) is 5.75 Å². The zero-order valence-corrected chi connectivity index (χ0v) is 16.2.